The zero-order chi connectivity index (χ0) is 11.0. The molecule has 0 spiro atoms. The third kappa shape index (κ3) is 1.50. The Balaban J connectivity index is 2.46. The number of hydrogen-bond donors (Lipinski definition) is 2. The van der Waals surface area contributed by atoms with Crippen molar-refractivity contribution in [1.82, 2.24) is 0 Å². The third-order valence-electron chi connectivity index (χ3n) is 2.36. The van der Waals surface area contributed by atoms with Crippen molar-refractivity contribution in [2.24, 2.45) is 0 Å². The maximum absolute atomic E-state index is 10.6. The average molecular weight is 210 g/mol. The fourth-order valence-corrected chi connectivity index (χ4v) is 1.56. The Hall–Kier alpha value is -1.75. The molecule has 0 fully saturated rings. The van der Waals surface area contributed by atoms with Crippen LogP contribution in [0.2, 0.25) is 0 Å². The molecular formula is C10H10O5. The Morgan fingerprint density at radius 2 is 2.20 bits per heavy atom. The van der Waals surface area contributed by atoms with E-state index in [-0.39, 0.29) is 6.79 Å². The number of aliphatic hydroxyl groups is 1. The molecular weight excluding hydrogens is 200 g/mol. The lowest BCUT2D eigenvalue weighted by atomic mass is 10.0. The summed E-state index contributed by atoms with van der Waals surface area (Å²) in [6.07, 6.45) is -1.53. The number of carboxylic acids is 1. The highest BCUT2D eigenvalue weighted by molar-refractivity contribution is 5.75. The van der Waals surface area contributed by atoms with Crippen molar-refractivity contribution in [1.29, 1.82) is 0 Å². The maximum atomic E-state index is 10.6. The third-order valence-corrected chi connectivity index (χ3v) is 2.36. The molecule has 0 bridgehead atoms. The van der Waals surface area contributed by atoms with Crippen LogP contribution < -0.4 is 9.47 Å². The van der Waals surface area contributed by atoms with Gasteiger partial charge in [0.25, 0.3) is 0 Å². The first kappa shape index (κ1) is 9.79. The highest BCUT2D eigenvalue weighted by atomic mass is 16.7. The zero-order valence-corrected chi connectivity index (χ0v) is 8.06. The van der Waals surface area contributed by atoms with Crippen molar-refractivity contribution in [2.45, 2.75) is 13.0 Å². The van der Waals surface area contributed by atoms with Gasteiger partial charge in [0.15, 0.2) is 17.6 Å². The number of aliphatic hydroxyl groups excluding tert-OH is 1. The molecule has 0 aliphatic carbocycles. The smallest absolute Gasteiger partial charge is 0.337 e. The van der Waals surface area contributed by atoms with E-state index in [4.69, 9.17) is 14.6 Å². The highest BCUT2D eigenvalue weighted by Gasteiger charge is 2.24. The van der Waals surface area contributed by atoms with E-state index >= 15 is 0 Å². The van der Waals surface area contributed by atoms with Crippen LogP contribution in [0.4, 0.5) is 0 Å². The molecule has 15 heavy (non-hydrogen) atoms. The minimum atomic E-state index is -1.53. The Morgan fingerprint density at radius 3 is 2.87 bits per heavy atom. The molecule has 1 atom stereocenters. The van der Waals surface area contributed by atoms with E-state index in [9.17, 15) is 9.90 Å². The summed E-state index contributed by atoms with van der Waals surface area (Å²) in [5.74, 6) is -0.196. The van der Waals surface area contributed by atoms with Crippen LogP contribution in [0, 0.1) is 6.92 Å². The van der Waals surface area contributed by atoms with Crippen LogP contribution in [0.15, 0.2) is 12.1 Å². The van der Waals surface area contributed by atoms with E-state index in [1.165, 1.54) is 6.07 Å². The lowest BCUT2D eigenvalue weighted by Gasteiger charge is -2.10. The van der Waals surface area contributed by atoms with Gasteiger partial charge >= 0.3 is 5.97 Å². The molecule has 0 radical (unpaired) electrons. The van der Waals surface area contributed by atoms with Crippen molar-refractivity contribution in [3.63, 3.8) is 0 Å². The van der Waals surface area contributed by atoms with Crippen LogP contribution in [0.25, 0.3) is 0 Å². The van der Waals surface area contributed by atoms with E-state index in [0.717, 1.165) is 0 Å². The molecule has 80 valence electrons. The minimum Gasteiger partial charge on any atom is -0.479 e. The summed E-state index contributed by atoms with van der Waals surface area (Å²) in [7, 11) is 0. The van der Waals surface area contributed by atoms with Gasteiger partial charge in [0, 0.05) is 5.56 Å². The van der Waals surface area contributed by atoms with Crippen LogP contribution >= 0.6 is 0 Å². The van der Waals surface area contributed by atoms with Crippen molar-refractivity contribution >= 4 is 5.97 Å². The van der Waals surface area contributed by atoms with Crippen molar-refractivity contribution in [2.75, 3.05) is 6.79 Å². The highest BCUT2D eigenvalue weighted by Crippen LogP contribution is 2.38. The van der Waals surface area contributed by atoms with E-state index in [1.54, 1.807) is 13.0 Å². The normalized spacial score (nSPS) is 15.1. The molecule has 1 aliphatic rings. The zero-order valence-electron chi connectivity index (χ0n) is 8.06. The van der Waals surface area contributed by atoms with E-state index in [0.29, 0.717) is 22.6 Å². The second kappa shape index (κ2) is 3.43. The molecule has 0 saturated carbocycles. The van der Waals surface area contributed by atoms with Gasteiger partial charge in [-0.25, -0.2) is 4.79 Å². The van der Waals surface area contributed by atoms with Crippen LogP contribution in [-0.2, 0) is 4.79 Å². The van der Waals surface area contributed by atoms with Gasteiger partial charge in [-0.1, -0.05) is 6.07 Å². The largest absolute Gasteiger partial charge is 0.479 e. The lowest BCUT2D eigenvalue weighted by Crippen LogP contribution is -2.11. The van der Waals surface area contributed by atoms with Crippen LogP contribution in [0.1, 0.15) is 17.2 Å². The molecule has 0 saturated heterocycles. The number of hydrogen-bond acceptors (Lipinski definition) is 4. The van der Waals surface area contributed by atoms with Crippen LogP contribution in [-0.4, -0.2) is 23.0 Å². The first-order valence-corrected chi connectivity index (χ1v) is 4.41. The van der Waals surface area contributed by atoms with Crippen LogP contribution in [0.5, 0.6) is 11.5 Å². The number of fused-ring (bicyclic) bond motifs is 1. The number of carbonyl (C=O) groups is 1. The maximum Gasteiger partial charge on any atom is 0.337 e. The van der Waals surface area contributed by atoms with Gasteiger partial charge in [0.1, 0.15) is 0 Å². The van der Waals surface area contributed by atoms with Gasteiger partial charge < -0.3 is 19.7 Å². The number of rotatable bonds is 2. The van der Waals surface area contributed by atoms with E-state index in [2.05, 4.69) is 0 Å². The van der Waals surface area contributed by atoms with Gasteiger partial charge in [0.2, 0.25) is 6.79 Å². The van der Waals surface area contributed by atoms with Gasteiger partial charge in [-0.05, 0) is 18.6 Å². The molecule has 1 heterocycles. The summed E-state index contributed by atoms with van der Waals surface area (Å²) < 4.78 is 10.3. The minimum absolute atomic E-state index is 0.128. The molecule has 1 aromatic rings. The molecule has 0 aromatic heterocycles. The Bertz CT molecular complexity index is 413. The van der Waals surface area contributed by atoms with Gasteiger partial charge in [-0.3, -0.25) is 0 Å². The molecule has 5 heteroatoms. The Morgan fingerprint density at radius 1 is 1.47 bits per heavy atom. The quantitative estimate of drug-likeness (QED) is 0.756. The van der Waals surface area contributed by atoms with Gasteiger partial charge in [-0.15, -0.1) is 0 Å². The van der Waals surface area contributed by atoms with E-state index in [1.807, 2.05) is 0 Å². The standard InChI is InChI=1S/C10H10O5/c1-5-6(8(11)10(12)13)2-3-7-9(5)15-4-14-7/h2-3,8,11H,4H2,1H3,(H,12,13). The molecule has 0 amide bonds. The fraction of sp³-hybridized carbons (Fsp3) is 0.300. The topological polar surface area (TPSA) is 76.0 Å². The molecule has 2 rings (SSSR count). The monoisotopic (exact) mass is 210 g/mol. The Labute approximate surface area is 85.9 Å². The van der Waals surface area contributed by atoms with Crippen molar-refractivity contribution in [3.8, 4) is 11.5 Å². The van der Waals surface area contributed by atoms with E-state index < -0.39 is 12.1 Å². The number of benzene rings is 1. The summed E-state index contributed by atoms with van der Waals surface area (Å²) in [6, 6.07) is 3.12. The predicted octanol–water partition coefficient (Wildman–Crippen LogP) is 0.842. The summed E-state index contributed by atoms with van der Waals surface area (Å²) in [5, 5.41) is 18.1. The summed E-state index contributed by atoms with van der Waals surface area (Å²) in [6.45, 7) is 1.82. The van der Waals surface area contributed by atoms with Gasteiger partial charge in [-0.2, -0.15) is 0 Å². The molecule has 1 aliphatic heterocycles. The number of carboxylic acid groups (broad SMARTS) is 1. The van der Waals surface area contributed by atoms with Crippen molar-refractivity contribution in [3.05, 3.63) is 23.3 Å². The predicted molar refractivity (Wildman–Crippen MR) is 49.9 cm³/mol. The first-order valence-electron chi connectivity index (χ1n) is 4.41. The SMILES string of the molecule is Cc1c(C(O)C(=O)O)ccc2c1OCO2. The molecule has 1 aromatic carbocycles. The molecule has 5 nitrogen and oxygen atoms in total. The van der Waals surface area contributed by atoms with Gasteiger partial charge in [0.05, 0.1) is 0 Å². The fourth-order valence-electron chi connectivity index (χ4n) is 1.56. The second-order valence-corrected chi connectivity index (χ2v) is 3.25. The second-order valence-electron chi connectivity index (χ2n) is 3.25. The summed E-state index contributed by atoms with van der Waals surface area (Å²) in [5.41, 5.74) is 0.923. The number of aliphatic carboxylic acids is 1. The summed E-state index contributed by atoms with van der Waals surface area (Å²) >= 11 is 0. The molecule has 2 N–H and O–H groups in total. The lowest BCUT2D eigenvalue weighted by molar-refractivity contribution is -0.147. The summed E-state index contributed by atoms with van der Waals surface area (Å²) in [4.78, 5) is 10.6. The Kier molecular flexibility index (Phi) is 2.24. The molecule has 1 unspecified atom stereocenters. The number of ether oxygens (including phenoxy) is 2. The first-order chi connectivity index (χ1) is 7.11. The average Bonchev–Trinajstić information content (AvgIpc) is 2.66. The van der Waals surface area contributed by atoms with Crippen molar-refractivity contribution < 1.29 is 24.5 Å². The van der Waals surface area contributed by atoms with Crippen LogP contribution in [0.3, 0.4) is 0 Å².